The predicted molar refractivity (Wildman–Crippen MR) is 80.6 cm³/mol. The van der Waals surface area contributed by atoms with E-state index in [1.807, 2.05) is 0 Å². The molecule has 19 heavy (non-hydrogen) atoms. The second-order valence-electron chi connectivity index (χ2n) is 6.08. The summed E-state index contributed by atoms with van der Waals surface area (Å²) in [6.45, 7) is 9.99. The maximum Gasteiger partial charge on any atom is 0.0729 e. The fraction of sp³-hybridized carbons (Fsp3) is 1.00. The van der Waals surface area contributed by atoms with Gasteiger partial charge in [-0.15, -0.1) is 0 Å². The van der Waals surface area contributed by atoms with Gasteiger partial charge in [-0.3, -0.25) is 0 Å². The quantitative estimate of drug-likeness (QED) is 0.515. The van der Waals surface area contributed by atoms with E-state index in [1.165, 1.54) is 38.5 Å². The number of rotatable bonds is 9. The number of hydrogen-bond donors (Lipinski definition) is 1. The lowest BCUT2D eigenvalue weighted by Crippen LogP contribution is -2.41. The molecule has 0 aromatic heterocycles. The van der Waals surface area contributed by atoms with Crippen molar-refractivity contribution in [3.8, 4) is 0 Å². The lowest BCUT2D eigenvalue weighted by Gasteiger charge is -2.26. The molecule has 0 heterocycles. The molecule has 0 bridgehead atoms. The summed E-state index contributed by atoms with van der Waals surface area (Å²) in [5.74, 6) is 0.608. The molecule has 114 valence electrons. The van der Waals surface area contributed by atoms with Crippen LogP contribution in [0, 0.1) is 5.92 Å². The Kier molecular flexibility index (Phi) is 9.48. The summed E-state index contributed by atoms with van der Waals surface area (Å²) in [5, 5.41) is 3.65. The molecule has 2 atom stereocenters. The third kappa shape index (κ3) is 7.91. The molecule has 1 aliphatic carbocycles. The van der Waals surface area contributed by atoms with Crippen LogP contribution in [-0.2, 0) is 9.47 Å². The lowest BCUT2D eigenvalue weighted by atomic mass is 10.1. The molecular formula is C16H33NO2. The maximum atomic E-state index is 6.07. The third-order valence-corrected chi connectivity index (χ3v) is 3.62. The van der Waals surface area contributed by atoms with Crippen molar-refractivity contribution < 1.29 is 9.47 Å². The van der Waals surface area contributed by atoms with E-state index < -0.39 is 0 Å². The van der Waals surface area contributed by atoms with Crippen LogP contribution < -0.4 is 5.32 Å². The van der Waals surface area contributed by atoms with Crippen LogP contribution in [0.25, 0.3) is 0 Å². The topological polar surface area (TPSA) is 30.5 Å². The van der Waals surface area contributed by atoms with Gasteiger partial charge in [0, 0.05) is 12.6 Å². The van der Waals surface area contributed by atoms with E-state index in [1.54, 1.807) is 0 Å². The van der Waals surface area contributed by atoms with E-state index in [0.717, 1.165) is 26.4 Å². The molecule has 1 N–H and O–H groups in total. The minimum atomic E-state index is 0.386. The highest BCUT2D eigenvalue weighted by atomic mass is 16.5. The van der Waals surface area contributed by atoms with E-state index in [2.05, 4.69) is 26.1 Å². The van der Waals surface area contributed by atoms with E-state index in [-0.39, 0.29) is 0 Å². The van der Waals surface area contributed by atoms with Gasteiger partial charge in [0.05, 0.1) is 19.3 Å². The molecular weight excluding hydrogens is 238 g/mol. The standard InChI is InChI=1S/C16H33NO2/c1-4-10-17-15-8-6-5-7-9-16(15)19-12-11-18-13-14(2)3/h14-17H,4-13H2,1-3H3. The number of nitrogens with one attached hydrogen (secondary N) is 1. The van der Waals surface area contributed by atoms with Crippen molar-refractivity contribution in [3.63, 3.8) is 0 Å². The van der Waals surface area contributed by atoms with Gasteiger partial charge in [-0.25, -0.2) is 0 Å². The van der Waals surface area contributed by atoms with Crippen molar-refractivity contribution in [2.24, 2.45) is 5.92 Å². The summed E-state index contributed by atoms with van der Waals surface area (Å²) in [6.07, 6.45) is 8.04. The van der Waals surface area contributed by atoms with E-state index in [4.69, 9.17) is 9.47 Å². The van der Waals surface area contributed by atoms with Gasteiger partial charge in [0.2, 0.25) is 0 Å². The summed E-state index contributed by atoms with van der Waals surface area (Å²) in [4.78, 5) is 0. The molecule has 1 aliphatic rings. The van der Waals surface area contributed by atoms with Crippen LogP contribution in [0.3, 0.4) is 0 Å². The number of ether oxygens (including phenoxy) is 2. The van der Waals surface area contributed by atoms with Crippen molar-refractivity contribution in [2.75, 3.05) is 26.4 Å². The Bertz CT molecular complexity index is 209. The van der Waals surface area contributed by atoms with Crippen LogP contribution in [-0.4, -0.2) is 38.5 Å². The molecule has 2 unspecified atom stereocenters. The average molecular weight is 271 g/mol. The largest absolute Gasteiger partial charge is 0.379 e. The van der Waals surface area contributed by atoms with Crippen molar-refractivity contribution in [1.82, 2.24) is 5.32 Å². The highest BCUT2D eigenvalue weighted by molar-refractivity contribution is 4.80. The molecule has 0 aromatic carbocycles. The van der Waals surface area contributed by atoms with Crippen LogP contribution in [0.15, 0.2) is 0 Å². The van der Waals surface area contributed by atoms with Gasteiger partial charge in [0.15, 0.2) is 0 Å². The first-order valence-electron chi connectivity index (χ1n) is 8.16. The fourth-order valence-corrected chi connectivity index (χ4v) is 2.61. The zero-order chi connectivity index (χ0) is 13.9. The summed E-state index contributed by atoms with van der Waals surface area (Å²) in [6, 6.07) is 0.549. The van der Waals surface area contributed by atoms with Crippen molar-refractivity contribution in [3.05, 3.63) is 0 Å². The van der Waals surface area contributed by atoms with Crippen molar-refractivity contribution in [2.45, 2.75) is 71.4 Å². The Balaban J connectivity index is 2.21. The Morgan fingerprint density at radius 3 is 2.63 bits per heavy atom. The van der Waals surface area contributed by atoms with Crippen LogP contribution >= 0.6 is 0 Å². The highest BCUT2D eigenvalue weighted by Gasteiger charge is 2.23. The van der Waals surface area contributed by atoms with Crippen LogP contribution in [0.2, 0.25) is 0 Å². The van der Waals surface area contributed by atoms with Crippen molar-refractivity contribution in [1.29, 1.82) is 0 Å². The van der Waals surface area contributed by atoms with Gasteiger partial charge in [-0.2, -0.15) is 0 Å². The fourth-order valence-electron chi connectivity index (χ4n) is 2.61. The summed E-state index contributed by atoms with van der Waals surface area (Å²) in [5.41, 5.74) is 0. The predicted octanol–water partition coefficient (Wildman–Crippen LogP) is 3.38. The maximum absolute atomic E-state index is 6.07. The summed E-state index contributed by atoms with van der Waals surface area (Å²) >= 11 is 0. The molecule has 1 fully saturated rings. The summed E-state index contributed by atoms with van der Waals surface area (Å²) in [7, 11) is 0. The molecule has 0 amide bonds. The average Bonchev–Trinajstić information content (AvgIpc) is 2.61. The lowest BCUT2D eigenvalue weighted by molar-refractivity contribution is -0.0182. The minimum Gasteiger partial charge on any atom is -0.379 e. The molecule has 1 rings (SSSR count). The van der Waals surface area contributed by atoms with Gasteiger partial charge in [-0.1, -0.05) is 40.0 Å². The third-order valence-electron chi connectivity index (χ3n) is 3.62. The zero-order valence-electron chi connectivity index (χ0n) is 13.1. The first-order valence-corrected chi connectivity index (χ1v) is 8.16. The molecule has 0 spiro atoms. The first kappa shape index (κ1) is 16.9. The Morgan fingerprint density at radius 1 is 1.11 bits per heavy atom. The van der Waals surface area contributed by atoms with Gasteiger partial charge in [-0.05, 0) is 31.7 Å². The van der Waals surface area contributed by atoms with E-state index in [0.29, 0.717) is 18.1 Å². The Morgan fingerprint density at radius 2 is 1.89 bits per heavy atom. The van der Waals surface area contributed by atoms with Crippen LogP contribution in [0.5, 0.6) is 0 Å². The monoisotopic (exact) mass is 271 g/mol. The Hall–Kier alpha value is -0.120. The van der Waals surface area contributed by atoms with Gasteiger partial charge >= 0.3 is 0 Å². The van der Waals surface area contributed by atoms with Crippen molar-refractivity contribution >= 4 is 0 Å². The van der Waals surface area contributed by atoms with Crippen LogP contribution in [0.4, 0.5) is 0 Å². The summed E-state index contributed by atoms with van der Waals surface area (Å²) < 4.78 is 11.7. The second kappa shape index (κ2) is 10.6. The van der Waals surface area contributed by atoms with Gasteiger partial charge in [0.25, 0.3) is 0 Å². The normalized spacial score (nSPS) is 24.6. The minimum absolute atomic E-state index is 0.386. The van der Waals surface area contributed by atoms with Crippen LogP contribution in [0.1, 0.15) is 59.3 Å². The molecule has 0 aliphatic heterocycles. The van der Waals surface area contributed by atoms with Gasteiger partial charge in [0.1, 0.15) is 0 Å². The van der Waals surface area contributed by atoms with E-state index in [9.17, 15) is 0 Å². The smallest absolute Gasteiger partial charge is 0.0729 e. The highest BCUT2D eigenvalue weighted by Crippen LogP contribution is 2.20. The second-order valence-corrected chi connectivity index (χ2v) is 6.08. The zero-order valence-corrected chi connectivity index (χ0v) is 13.1. The number of hydrogen-bond acceptors (Lipinski definition) is 3. The first-order chi connectivity index (χ1) is 9.24. The van der Waals surface area contributed by atoms with Gasteiger partial charge < -0.3 is 14.8 Å². The SMILES string of the molecule is CCCNC1CCCCCC1OCCOCC(C)C. The van der Waals surface area contributed by atoms with E-state index >= 15 is 0 Å². The molecule has 3 heteroatoms. The molecule has 0 aromatic rings. The molecule has 3 nitrogen and oxygen atoms in total. The molecule has 1 saturated carbocycles. The molecule has 0 radical (unpaired) electrons. The Labute approximate surface area is 119 Å². The molecule has 0 saturated heterocycles.